The number of carbonyl (C=O) groups is 1. The summed E-state index contributed by atoms with van der Waals surface area (Å²) in [5, 5.41) is 15.1. The number of aryl methyl sites for hydroxylation is 1. The number of para-hydroxylation sites is 1. The number of methoxy groups -OCH3 is 1. The molecule has 140 valence electrons. The van der Waals surface area contributed by atoms with Crippen molar-refractivity contribution in [3.05, 3.63) is 59.7 Å². The van der Waals surface area contributed by atoms with E-state index in [2.05, 4.69) is 20.8 Å². The molecule has 1 N–H and O–H groups in total. The van der Waals surface area contributed by atoms with Gasteiger partial charge < -0.3 is 10.1 Å². The molecule has 27 heavy (non-hydrogen) atoms. The highest BCUT2D eigenvalue weighted by atomic mass is 32.2. The van der Waals surface area contributed by atoms with E-state index in [1.807, 2.05) is 62.4 Å². The van der Waals surface area contributed by atoms with Gasteiger partial charge in [0.25, 0.3) is 0 Å². The summed E-state index contributed by atoms with van der Waals surface area (Å²) >= 11 is 1.32. The second-order valence-electron chi connectivity index (χ2n) is 5.99. The first kappa shape index (κ1) is 18.9. The molecule has 3 rings (SSSR count). The SMILES string of the molecule is COc1ccc(CNC(=O)[C@@H](C)Sc2nnnn2-c2ccccc2C)cc1. The fourth-order valence-corrected chi connectivity index (χ4v) is 3.32. The van der Waals surface area contributed by atoms with E-state index in [-0.39, 0.29) is 11.2 Å². The van der Waals surface area contributed by atoms with E-state index in [9.17, 15) is 4.79 Å². The third kappa shape index (κ3) is 4.65. The van der Waals surface area contributed by atoms with Crippen LogP contribution >= 0.6 is 11.8 Å². The predicted molar refractivity (Wildman–Crippen MR) is 104 cm³/mol. The average molecular weight is 383 g/mol. The maximum atomic E-state index is 12.4. The van der Waals surface area contributed by atoms with E-state index in [0.717, 1.165) is 22.6 Å². The summed E-state index contributed by atoms with van der Waals surface area (Å²) in [6, 6.07) is 15.4. The number of nitrogens with zero attached hydrogens (tertiary/aromatic N) is 4. The second kappa shape index (κ2) is 8.68. The Hall–Kier alpha value is -2.87. The molecule has 0 aliphatic carbocycles. The standard InChI is InChI=1S/C19H21N5O2S/c1-13-6-4-5-7-17(13)24-19(21-22-23-24)27-14(2)18(25)20-12-15-8-10-16(26-3)11-9-15/h4-11,14H,12H2,1-3H3,(H,20,25)/t14-/m1/s1. The molecule has 0 saturated carbocycles. The number of thioether (sulfide) groups is 1. The van der Waals surface area contributed by atoms with Gasteiger partial charge in [0.1, 0.15) is 5.75 Å². The predicted octanol–water partition coefficient (Wildman–Crippen LogP) is 2.78. The lowest BCUT2D eigenvalue weighted by Crippen LogP contribution is -2.30. The Labute approximate surface area is 162 Å². The number of aromatic nitrogens is 4. The number of hydrogen-bond donors (Lipinski definition) is 1. The maximum Gasteiger partial charge on any atom is 0.233 e. The van der Waals surface area contributed by atoms with Crippen LogP contribution in [0.15, 0.2) is 53.7 Å². The minimum absolute atomic E-state index is 0.0739. The van der Waals surface area contributed by atoms with Gasteiger partial charge in [0.05, 0.1) is 18.0 Å². The monoisotopic (exact) mass is 383 g/mol. The summed E-state index contributed by atoms with van der Waals surface area (Å²) in [6.07, 6.45) is 0. The number of ether oxygens (including phenoxy) is 1. The van der Waals surface area contributed by atoms with Crippen LogP contribution in [0.2, 0.25) is 0 Å². The van der Waals surface area contributed by atoms with E-state index in [0.29, 0.717) is 11.7 Å². The third-order valence-electron chi connectivity index (χ3n) is 4.06. The van der Waals surface area contributed by atoms with Crippen molar-refractivity contribution in [3.8, 4) is 11.4 Å². The zero-order valence-electron chi connectivity index (χ0n) is 15.4. The normalized spacial score (nSPS) is 11.8. The first-order chi connectivity index (χ1) is 13.1. The van der Waals surface area contributed by atoms with E-state index >= 15 is 0 Å². The lowest BCUT2D eigenvalue weighted by Gasteiger charge is -2.12. The van der Waals surface area contributed by atoms with Crippen LogP contribution in [0.4, 0.5) is 0 Å². The number of amides is 1. The zero-order valence-corrected chi connectivity index (χ0v) is 16.2. The van der Waals surface area contributed by atoms with Crippen LogP contribution in [0.1, 0.15) is 18.1 Å². The fourth-order valence-electron chi connectivity index (χ4n) is 2.49. The van der Waals surface area contributed by atoms with E-state index in [1.54, 1.807) is 11.8 Å². The summed E-state index contributed by atoms with van der Waals surface area (Å²) in [4.78, 5) is 12.4. The van der Waals surface area contributed by atoms with Crippen LogP contribution in [0, 0.1) is 6.92 Å². The Bertz CT molecular complexity index is 910. The molecule has 0 bridgehead atoms. The number of nitrogens with one attached hydrogen (secondary N) is 1. The van der Waals surface area contributed by atoms with Crippen molar-refractivity contribution in [2.75, 3.05) is 7.11 Å². The summed E-state index contributed by atoms with van der Waals surface area (Å²) in [6.45, 7) is 4.29. The van der Waals surface area contributed by atoms with Gasteiger partial charge in [-0.2, -0.15) is 4.68 Å². The number of carbonyl (C=O) groups excluding carboxylic acids is 1. The van der Waals surface area contributed by atoms with E-state index in [1.165, 1.54) is 11.8 Å². The number of tetrazole rings is 1. The molecule has 3 aromatic rings. The van der Waals surface area contributed by atoms with Crippen molar-refractivity contribution in [1.29, 1.82) is 0 Å². The molecule has 0 fully saturated rings. The van der Waals surface area contributed by atoms with Crippen LogP contribution in [-0.2, 0) is 11.3 Å². The van der Waals surface area contributed by atoms with Gasteiger partial charge in [-0.25, -0.2) is 0 Å². The first-order valence-electron chi connectivity index (χ1n) is 8.50. The van der Waals surface area contributed by atoms with E-state index < -0.39 is 0 Å². The van der Waals surface area contributed by atoms with Crippen LogP contribution < -0.4 is 10.1 Å². The van der Waals surface area contributed by atoms with Gasteiger partial charge in [0.2, 0.25) is 11.1 Å². The molecule has 0 unspecified atom stereocenters. The molecule has 1 aromatic heterocycles. The highest BCUT2D eigenvalue weighted by molar-refractivity contribution is 8.00. The number of benzene rings is 2. The second-order valence-corrected chi connectivity index (χ2v) is 7.29. The maximum absolute atomic E-state index is 12.4. The van der Waals surface area contributed by atoms with Crippen LogP contribution in [-0.4, -0.2) is 38.5 Å². The molecule has 0 aliphatic heterocycles. The molecule has 8 heteroatoms. The summed E-state index contributed by atoms with van der Waals surface area (Å²) in [7, 11) is 1.63. The molecular formula is C19H21N5O2S. The number of rotatable bonds is 7. The average Bonchev–Trinajstić information content (AvgIpc) is 3.14. The molecule has 0 radical (unpaired) electrons. The lowest BCUT2D eigenvalue weighted by molar-refractivity contribution is -0.120. The van der Waals surface area contributed by atoms with Crippen molar-refractivity contribution in [3.63, 3.8) is 0 Å². The Kier molecular flexibility index (Phi) is 6.08. The topological polar surface area (TPSA) is 81.9 Å². The molecule has 0 saturated heterocycles. The number of hydrogen-bond acceptors (Lipinski definition) is 6. The zero-order chi connectivity index (χ0) is 19.2. The Morgan fingerprint density at radius 2 is 1.96 bits per heavy atom. The third-order valence-corrected chi connectivity index (χ3v) is 5.09. The minimum atomic E-state index is -0.336. The van der Waals surface area contributed by atoms with Crippen LogP contribution in [0.3, 0.4) is 0 Å². The highest BCUT2D eigenvalue weighted by Gasteiger charge is 2.19. The van der Waals surface area contributed by atoms with Gasteiger partial charge >= 0.3 is 0 Å². The lowest BCUT2D eigenvalue weighted by atomic mass is 10.2. The van der Waals surface area contributed by atoms with Crippen molar-refractivity contribution in [2.45, 2.75) is 30.8 Å². The summed E-state index contributed by atoms with van der Waals surface area (Å²) in [5.41, 5.74) is 2.96. The molecule has 2 aromatic carbocycles. The molecular weight excluding hydrogens is 362 g/mol. The summed E-state index contributed by atoms with van der Waals surface area (Å²) in [5.74, 6) is 0.715. The molecule has 0 spiro atoms. The summed E-state index contributed by atoms with van der Waals surface area (Å²) < 4.78 is 6.80. The van der Waals surface area contributed by atoms with Gasteiger partial charge in [0.15, 0.2) is 0 Å². The Morgan fingerprint density at radius 3 is 2.67 bits per heavy atom. The minimum Gasteiger partial charge on any atom is -0.497 e. The van der Waals surface area contributed by atoms with E-state index in [4.69, 9.17) is 4.74 Å². The van der Waals surface area contributed by atoms with Crippen LogP contribution in [0.5, 0.6) is 5.75 Å². The van der Waals surface area contributed by atoms with Crippen molar-refractivity contribution in [2.24, 2.45) is 0 Å². The van der Waals surface area contributed by atoms with Crippen molar-refractivity contribution < 1.29 is 9.53 Å². The largest absolute Gasteiger partial charge is 0.497 e. The Morgan fingerprint density at radius 1 is 1.22 bits per heavy atom. The quantitative estimate of drug-likeness (QED) is 0.632. The van der Waals surface area contributed by atoms with Crippen molar-refractivity contribution in [1.82, 2.24) is 25.5 Å². The van der Waals surface area contributed by atoms with Gasteiger partial charge in [0, 0.05) is 6.54 Å². The molecule has 1 heterocycles. The smallest absolute Gasteiger partial charge is 0.233 e. The van der Waals surface area contributed by atoms with Crippen molar-refractivity contribution >= 4 is 17.7 Å². The molecule has 7 nitrogen and oxygen atoms in total. The highest BCUT2D eigenvalue weighted by Crippen LogP contribution is 2.24. The molecule has 1 atom stereocenters. The molecule has 1 amide bonds. The van der Waals surface area contributed by atoms with Crippen LogP contribution in [0.25, 0.3) is 5.69 Å². The van der Waals surface area contributed by atoms with Gasteiger partial charge in [-0.15, -0.1) is 5.10 Å². The molecule has 0 aliphatic rings. The fraction of sp³-hybridized carbons (Fsp3) is 0.263. The van der Waals surface area contributed by atoms with Gasteiger partial charge in [-0.05, 0) is 53.6 Å². The first-order valence-corrected chi connectivity index (χ1v) is 9.38. The van der Waals surface area contributed by atoms with Gasteiger partial charge in [-0.1, -0.05) is 42.1 Å². The Balaban J connectivity index is 1.62. The van der Waals surface area contributed by atoms with Gasteiger partial charge in [-0.3, -0.25) is 4.79 Å².